The van der Waals surface area contributed by atoms with E-state index in [-0.39, 0.29) is 24.5 Å². The Morgan fingerprint density at radius 2 is 2.16 bits per heavy atom. The molecule has 0 aliphatic rings. The van der Waals surface area contributed by atoms with Crippen molar-refractivity contribution in [3.63, 3.8) is 0 Å². The Morgan fingerprint density at radius 3 is 2.74 bits per heavy atom. The van der Waals surface area contributed by atoms with E-state index in [1.807, 2.05) is 18.2 Å². The van der Waals surface area contributed by atoms with Crippen molar-refractivity contribution in [1.29, 1.82) is 0 Å². The molecule has 0 aromatic heterocycles. The molecule has 2 atom stereocenters. The zero-order chi connectivity index (χ0) is 14.4. The molecule has 19 heavy (non-hydrogen) atoms. The third-order valence-corrected chi connectivity index (χ3v) is 3.78. The number of carbonyl (C=O) groups excluding carboxylic acids is 1. The second-order valence-corrected chi connectivity index (χ2v) is 5.59. The monoisotopic (exact) mass is 328 g/mol. The first-order valence-electron chi connectivity index (χ1n) is 6.40. The van der Waals surface area contributed by atoms with Gasteiger partial charge in [-0.3, -0.25) is 4.79 Å². The molecular formula is C14H21BrN2O2. The molecule has 0 fully saturated rings. The zero-order valence-corrected chi connectivity index (χ0v) is 12.9. The molecule has 0 saturated heterocycles. The quantitative estimate of drug-likeness (QED) is 0.805. The molecular weight excluding hydrogens is 308 g/mol. The van der Waals surface area contributed by atoms with Crippen molar-refractivity contribution >= 4 is 21.8 Å². The van der Waals surface area contributed by atoms with Crippen LogP contribution in [-0.4, -0.2) is 18.6 Å². The summed E-state index contributed by atoms with van der Waals surface area (Å²) in [4.78, 5) is 10.9. The van der Waals surface area contributed by atoms with Gasteiger partial charge in [-0.25, -0.2) is 0 Å². The first-order valence-corrected chi connectivity index (χ1v) is 7.19. The number of hydrogen-bond acceptors (Lipinski definition) is 3. The molecule has 4 N–H and O–H groups in total. The number of carbonyl (C=O) groups is 1. The molecule has 0 aliphatic heterocycles. The summed E-state index contributed by atoms with van der Waals surface area (Å²) in [5.41, 5.74) is 12.3. The average Bonchev–Trinajstić information content (AvgIpc) is 2.38. The van der Waals surface area contributed by atoms with E-state index in [1.165, 1.54) is 0 Å². The lowest BCUT2D eigenvalue weighted by atomic mass is 10.0. The van der Waals surface area contributed by atoms with Crippen LogP contribution in [0.4, 0.5) is 0 Å². The molecule has 5 heteroatoms. The van der Waals surface area contributed by atoms with Crippen LogP contribution in [-0.2, 0) is 11.2 Å². The highest BCUT2D eigenvalue weighted by Gasteiger charge is 2.11. The molecule has 1 aromatic carbocycles. The van der Waals surface area contributed by atoms with Gasteiger partial charge >= 0.3 is 0 Å². The van der Waals surface area contributed by atoms with Crippen molar-refractivity contribution < 1.29 is 9.53 Å². The van der Waals surface area contributed by atoms with Crippen LogP contribution in [0.2, 0.25) is 0 Å². The van der Waals surface area contributed by atoms with E-state index in [9.17, 15) is 4.79 Å². The highest BCUT2D eigenvalue weighted by Crippen LogP contribution is 2.24. The van der Waals surface area contributed by atoms with Gasteiger partial charge in [0.05, 0.1) is 12.5 Å². The predicted molar refractivity (Wildman–Crippen MR) is 80.0 cm³/mol. The maximum Gasteiger partial charge on any atom is 0.223 e. The van der Waals surface area contributed by atoms with E-state index in [0.29, 0.717) is 0 Å². The third kappa shape index (κ3) is 5.20. The van der Waals surface area contributed by atoms with E-state index in [1.54, 1.807) is 6.92 Å². The van der Waals surface area contributed by atoms with E-state index >= 15 is 0 Å². The molecule has 0 radical (unpaired) electrons. The number of ether oxygens (including phenoxy) is 1. The predicted octanol–water partition coefficient (Wildman–Crippen LogP) is 2.23. The molecule has 1 aromatic rings. The normalized spacial score (nSPS) is 13.9. The van der Waals surface area contributed by atoms with E-state index in [0.717, 1.165) is 28.6 Å². The van der Waals surface area contributed by atoms with E-state index in [4.69, 9.17) is 16.2 Å². The molecule has 1 rings (SSSR count). The molecule has 106 valence electrons. The van der Waals surface area contributed by atoms with Crippen molar-refractivity contribution in [2.75, 3.05) is 6.61 Å². The number of primary amides is 1. The highest BCUT2D eigenvalue weighted by atomic mass is 79.9. The Balaban J connectivity index is 2.70. The van der Waals surface area contributed by atoms with Crippen LogP contribution in [0.25, 0.3) is 0 Å². The fourth-order valence-corrected chi connectivity index (χ4v) is 1.94. The minimum atomic E-state index is -0.356. The first kappa shape index (κ1) is 16.0. The van der Waals surface area contributed by atoms with Crippen LogP contribution in [0.15, 0.2) is 22.7 Å². The summed E-state index contributed by atoms with van der Waals surface area (Å²) in [6.45, 7) is 4.10. The molecule has 4 nitrogen and oxygen atoms in total. The molecule has 0 spiro atoms. The fraction of sp³-hybridized carbons (Fsp3) is 0.500. The van der Waals surface area contributed by atoms with E-state index in [2.05, 4.69) is 22.9 Å². The second-order valence-electron chi connectivity index (χ2n) is 4.74. The largest absolute Gasteiger partial charge is 0.493 e. The van der Waals surface area contributed by atoms with Crippen molar-refractivity contribution in [1.82, 2.24) is 0 Å². The zero-order valence-electron chi connectivity index (χ0n) is 11.4. The van der Waals surface area contributed by atoms with Crippen LogP contribution >= 0.6 is 15.9 Å². The van der Waals surface area contributed by atoms with Crippen molar-refractivity contribution in [2.24, 2.45) is 17.4 Å². The lowest BCUT2D eigenvalue weighted by Gasteiger charge is -2.14. The summed E-state index contributed by atoms with van der Waals surface area (Å²) < 4.78 is 6.60. The Hall–Kier alpha value is -1.07. The number of benzene rings is 1. The van der Waals surface area contributed by atoms with E-state index < -0.39 is 0 Å². The standard InChI is InChI=1S/C14H21BrN2O2/c1-3-11(16)6-10-7-12(4-5-13(10)15)19-8-9(2)14(17)18/h4-5,7,9,11H,3,6,8,16H2,1-2H3,(H2,17,18). The van der Waals surface area contributed by atoms with Gasteiger partial charge in [0.15, 0.2) is 0 Å². The average molecular weight is 329 g/mol. The summed E-state index contributed by atoms with van der Waals surface area (Å²) in [7, 11) is 0. The van der Waals surface area contributed by atoms with Crippen LogP contribution in [0.5, 0.6) is 5.75 Å². The number of hydrogen-bond donors (Lipinski definition) is 2. The van der Waals surface area contributed by atoms with Crippen molar-refractivity contribution in [3.8, 4) is 5.75 Å². The van der Waals surface area contributed by atoms with Gasteiger partial charge in [-0.1, -0.05) is 29.8 Å². The number of amides is 1. The Kier molecular flexibility index (Phi) is 6.31. The molecule has 0 bridgehead atoms. The lowest BCUT2D eigenvalue weighted by molar-refractivity contribution is -0.122. The van der Waals surface area contributed by atoms with Crippen LogP contribution < -0.4 is 16.2 Å². The summed E-state index contributed by atoms with van der Waals surface area (Å²) in [6.07, 6.45) is 1.72. The summed E-state index contributed by atoms with van der Waals surface area (Å²) in [5, 5.41) is 0. The number of nitrogens with two attached hydrogens (primary N) is 2. The summed E-state index contributed by atoms with van der Waals surface area (Å²) in [5.74, 6) is 0.0740. The highest BCUT2D eigenvalue weighted by molar-refractivity contribution is 9.10. The Labute approximate surface area is 122 Å². The fourth-order valence-electron chi connectivity index (χ4n) is 1.53. The SMILES string of the molecule is CCC(N)Cc1cc(OCC(C)C(N)=O)ccc1Br. The molecule has 0 saturated carbocycles. The lowest BCUT2D eigenvalue weighted by Crippen LogP contribution is -2.25. The number of halogens is 1. The Bertz CT molecular complexity index is 437. The van der Waals surface area contributed by atoms with Gasteiger partial charge in [-0.2, -0.15) is 0 Å². The van der Waals surface area contributed by atoms with Crippen molar-refractivity contribution in [3.05, 3.63) is 28.2 Å². The number of rotatable bonds is 7. The van der Waals surface area contributed by atoms with Crippen LogP contribution in [0.1, 0.15) is 25.8 Å². The molecule has 1 amide bonds. The van der Waals surface area contributed by atoms with Gasteiger partial charge in [0.1, 0.15) is 5.75 Å². The van der Waals surface area contributed by atoms with Gasteiger partial charge in [-0.15, -0.1) is 0 Å². The maximum absolute atomic E-state index is 10.9. The van der Waals surface area contributed by atoms with Crippen LogP contribution in [0.3, 0.4) is 0 Å². The van der Waals surface area contributed by atoms with Gasteiger partial charge in [0.2, 0.25) is 5.91 Å². The molecule has 0 aliphatic carbocycles. The van der Waals surface area contributed by atoms with Crippen molar-refractivity contribution in [2.45, 2.75) is 32.7 Å². The molecule has 0 heterocycles. The second kappa shape index (κ2) is 7.50. The first-order chi connectivity index (χ1) is 8.93. The maximum atomic E-state index is 10.9. The summed E-state index contributed by atoms with van der Waals surface area (Å²) in [6, 6.07) is 5.88. The molecule has 2 unspecified atom stereocenters. The van der Waals surface area contributed by atoms with Gasteiger partial charge in [0.25, 0.3) is 0 Å². The van der Waals surface area contributed by atoms with Gasteiger partial charge < -0.3 is 16.2 Å². The minimum Gasteiger partial charge on any atom is -0.493 e. The van der Waals surface area contributed by atoms with Gasteiger partial charge in [0, 0.05) is 10.5 Å². The van der Waals surface area contributed by atoms with Crippen LogP contribution in [0, 0.1) is 5.92 Å². The minimum absolute atomic E-state index is 0.135. The topological polar surface area (TPSA) is 78.3 Å². The Morgan fingerprint density at radius 1 is 1.47 bits per heavy atom. The third-order valence-electron chi connectivity index (χ3n) is 3.01. The smallest absolute Gasteiger partial charge is 0.223 e. The summed E-state index contributed by atoms with van der Waals surface area (Å²) >= 11 is 3.51. The van der Waals surface area contributed by atoms with Gasteiger partial charge in [-0.05, 0) is 36.6 Å².